The number of pyridine rings is 10. The molecule has 10 N–H and O–H groups in total. The standard InChI is InChI=1S/C14H12N4S.2C7H6BrNO.2C7H5N3O.2C7H9N3S.C6H8N2.C6H5NO2/c1-10-5-4-7-13(16-10)18-14-17-12(9-19-14)11-6-2-3-8-15-11;2*8-5-7(10)6-3-1-2-4-9-6;2*8-10-5-7(11)6-3-1-2-4-9-6;2*1-5-3-2-4-6(9-5)10-7(8)11;1-5-3-2-4-6(7)8-5;8-6(9)5-3-1-2-4-7-5/h2-9H,1H3,(H,16,17,18);2*1-4H,5H2;2*1-5H;2*2-4H,1H3,(H3,8,9,10,11);2-4H,1H3,(H2,7,8);1-4H,(H,8,9). The minimum absolute atomic E-state index is 0.0144. The number of rotatable bonds is 14. The van der Waals surface area contributed by atoms with E-state index in [1.165, 1.54) is 24.7 Å². The number of hydrogen-bond acceptors (Lipinski definition) is 21. The molecule has 0 aliphatic rings. The molecular formula is C68H65Br2N21O6S3. The monoisotopic (exact) mass is 1530 g/mol. The van der Waals surface area contributed by atoms with E-state index in [-0.39, 0.29) is 38.9 Å². The van der Waals surface area contributed by atoms with Crippen LogP contribution < -0.4 is 33.2 Å². The van der Waals surface area contributed by atoms with E-state index in [2.05, 4.69) is 137 Å². The van der Waals surface area contributed by atoms with Gasteiger partial charge in [0.2, 0.25) is 0 Å². The largest absolute Gasteiger partial charge is 0.477 e. The third kappa shape index (κ3) is 36.2. The molecule has 0 radical (unpaired) electrons. The maximum atomic E-state index is 10.9. The zero-order valence-electron chi connectivity index (χ0n) is 53.8. The molecule has 0 atom stereocenters. The SMILES string of the molecule is Cc1cccc(N)n1.Cc1cccc(NC(N)=S)n1.Cc1cccc(NC(N)=S)n1.Cc1cccc(Nc2nc(-c3ccccn3)cs2)n1.O=C(CBr)c1ccccn1.O=C(CBr)c1ccccn1.O=C(O)c1ccccn1.[N-]=[N+]=CC(=O)c1ccccn1.[N-]=[N+]=CC(=O)c1ccccn1. The van der Waals surface area contributed by atoms with Gasteiger partial charge in [0, 0.05) is 65.3 Å². The molecule has 0 aliphatic carbocycles. The maximum Gasteiger partial charge on any atom is 0.354 e. The van der Waals surface area contributed by atoms with E-state index < -0.39 is 17.5 Å². The Morgan fingerprint density at radius 1 is 0.460 bits per heavy atom. The molecule has 0 bridgehead atoms. The van der Waals surface area contributed by atoms with E-state index >= 15 is 0 Å². The zero-order chi connectivity index (χ0) is 73.3. The van der Waals surface area contributed by atoms with E-state index in [9.17, 15) is 24.0 Å². The molecule has 0 aromatic carbocycles. The summed E-state index contributed by atoms with van der Waals surface area (Å²) in [4.78, 5) is 103. The summed E-state index contributed by atoms with van der Waals surface area (Å²) in [5.41, 5.74) is 39.1. The molecule has 0 unspecified atom stereocenters. The molecule has 0 spiro atoms. The highest BCUT2D eigenvalue weighted by Crippen LogP contribution is 2.25. The summed E-state index contributed by atoms with van der Waals surface area (Å²) in [6, 6.07) is 53.6. The van der Waals surface area contributed by atoms with Crippen molar-refractivity contribution in [1.82, 2.24) is 54.8 Å². The zero-order valence-corrected chi connectivity index (χ0v) is 59.5. The van der Waals surface area contributed by atoms with Crippen molar-refractivity contribution >= 4 is 148 Å². The molecule has 11 heterocycles. The highest BCUT2D eigenvalue weighted by atomic mass is 79.9. The van der Waals surface area contributed by atoms with Crippen molar-refractivity contribution in [2.75, 3.05) is 32.3 Å². The van der Waals surface area contributed by atoms with E-state index in [1.807, 2.05) is 118 Å². The number of aromatic carboxylic acids is 1. The molecule has 11 aromatic heterocycles. The number of nitrogen functional groups attached to an aromatic ring is 1. The van der Waals surface area contributed by atoms with Crippen molar-refractivity contribution in [2.24, 2.45) is 11.5 Å². The van der Waals surface area contributed by atoms with Crippen molar-refractivity contribution in [3.05, 3.63) is 287 Å². The average molecular weight is 1530 g/mol. The number of nitrogens with zero attached hydrogens (tertiary/aromatic N) is 15. The molecule has 27 nitrogen and oxygen atoms in total. The maximum absolute atomic E-state index is 10.9. The van der Waals surface area contributed by atoms with E-state index in [4.69, 9.17) is 33.4 Å². The number of halogens is 2. The van der Waals surface area contributed by atoms with Crippen molar-refractivity contribution in [3.63, 3.8) is 0 Å². The number of carboxylic acids is 1. The lowest BCUT2D eigenvalue weighted by Crippen LogP contribution is -2.19. The number of Topliss-reactive ketones (excluding diaryl/α,β-unsaturated/α-hetero) is 4. The number of aryl methyl sites for hydroxylation is 4. The Morgan fingerprint density at radius 3 is 1.11 bits per heavy atom. The topological polar surface area (TPSA) is 434 Å². The predicted octanol–water partition coefficient (Wildman–Crippen LogP) is 11.9. The van der Waals surface area contributed by atoms with E-state index in [0.717, 1.165) is 57.5 Å². The number of carboxylic acid groups (broad SMARTS) is 1. The van der Waals surface area contributed by atoms with Gasteiger partial charge in [0.25, 0.3) is 11.6 Å². The van der Waals surface area contributed by atoms with Gasteiger partial charge in [0.15, 0.2) is 26.9 Å². The van der Waals surface area contributed by atoms with Gasteiger partial charge >= 0.3 is 18.4 Å². The van der Waals surface area contributed by atoms with Crippen LogP contribution in [0.25, 0.3) is 22.5 Å². The highest BCUT2D eigenvalue weighted by Gasteiger charge is 2.09. The molecule has 100 heavy (non-hydrogen) atoms. The summed E-state index contributed by atoms with van der Waals surface area (Å²) in [5, 5.41) is 21.0. The number of thiocarbonyl (C=S) groups is 2. The van der Waals surface area contributed by atoms with Gasteiger partial charge in [-0.2, -0.15) is 9.58 Å². The second kappa shape index (κ2) is 48.6. The van der Waals surface area contributed by atoms with Crippen LogP contribution in [0.4, 0.5) is 28.4 Å². The predicted molar refractivity (Wildman–Crippen MR) is 402 cm³/mol. The second-order valence-corrected chi connectivity index (χ2v) is 21.6. The fraction of sp³-hybridized carbons (Fsp3) is 0.0882. The third-order valence-corrected chi connectivity index (χ3v) is 12.9. The fourth-order valence-corrected chi connectivity index (χ4v) is 8.16. The number of ketones is 4. The summed E-state index contributed by atoms with van der Waals surface area (Å²) in [7, 11) is 0. The molecule has 510 valence electrons. The summed E-state index contributed by atoms with van der Waals surface area (Å²) in [6.07, 6.45) is 11.0. The molecule has 0 aliphatic heterocycles. The summed E-state index contributed by atoms with van der Waals surface area (Å²) in [6.45, 7) is 7.69. The molecular weight excluding hydrogens is 1460 g/mol. The van der Waals surface area contributed by atoms with Crippen LogP contribution in [0.3, 0.4) is 0 Å². The van der Waals surface area contributed by atoms with Gasteiger partial charge in [-0.05, 0) is 173 Å². The minimum atomic E-state index is -0.990. The van der Waals surface area contributed by atoms with Gasteiger partial charge in [0.05, 0.1) is 16.4 Å². The Kier molecular flexibility index (Phi) is 40.0. The number of hydrogen-bond donors (Lipinski definition) is 7. The molecule has 32 heteroatoms. The molecule has 0 saturated carbocycles. The first-order valence-corrected chi connectivity index (χ1v) is 32.8. The molecule has 11 rings (SSSR count). The van der Waals surface area contributed by atoms with Crippen molar-refractivity contribution in [2.45, 2.75) is 27.7 Å². The quantitative estimate of drug-likeness (QED) is 0.0133. The number of anilines is 5. The first-order chi connectivity index (χ1) is 48.1. The highest BCUT2D eigenvalue weighted by molar-refractivity contribution is 9.09. The number of nitrogens with one attached hydrogen (secondary N) is 3. The lowest BCUT2D eigenvalue weighted by Gasteiger charge is -2.01. The van der Waals surface area contributed by atoms with Gasteiger partial charge in [0.1, 0.15) is 57.4 Å². The van der Waals surface area contributed by atoms with Crippen molar-refractivity contribution < 1.29 is 38.7 Å². The number of thiazole rings is 1. The number of nitrogens with two attached hydrogens (primary N) is 3. The smallest absolute Gasteiger partial charge is 0.354 e. The Morgan fingerprint density at radius 2 is 0.810 bits per heavy atom. The Balaban J connectivity index is 0.000000296. The molecule has 0 fully saturated rings. The van der Waals surface area contributed by atoms with E-state index in [0.29, 0.717) is 39.5 Å². The Bertz CT molecular complexity index is 4230. The molecule has 0 saturated heterocycles. The van der Waals surface area contributed by atoms with Crippen molar-refractivity contribution in [1.29, 1.82) is 0 Å². The van der Waals surface area contributed by atoms with Crippen LogP contribution in [0.2, 0.25) is 0 Å². The van der Waals surface area contributed by atoms with Crippen LogP contribution >= 0.6 is 67.6 Å². The van der Waals surface area contributed by atoms with Gasteiger partial charge in [-0.1, -0.05) is 92.5 Å². The van der Waals surface area contributed by atoms with Crippen LogP contribution in [0, 0.1) is 27.7 Å². The lowest BCUT2D eigenvalue weighted by molar-refractivity contribution is 0.00209. The normalized spacial score (nSPS) is 9.22. The first kappa shape index (κ1) is 82.2. The van der Waals surface area contributed by atoms with Gasteiger partial charge in [-0.3, -0.25) is 44.1 Å². The minimum Gasteiger partial charge on any atom is -0.477 e. The fourth-order valence-electron chi connectivity index (χ4n) is 6.66. The number of carbonyl (C=O) groups excluding carboxylic acids is 4. The van der Waals surface area contributed by atoms with Crippen molar-refractivity contribution in [3.8, 4) is 11.4 Å². The molecule has 11 aromatic rings. The number of alkyl halides is 2. The summed E-state index contributed by atoms with van der Waals surface area (Å²) < 4.78 is 0. The average Bonchev–Trinajstić information content (AvgIpc) is 1.74. The first-order valence-electron chi connectivity index (χ1n) is 28.8. The van der Waals surface area contributed by atoms with E-state index in [1.54, 1.807) is 121 Å². The van der Waals surface area contributed by atoms with Gasteiger partial charge in [-0.25, -0.2) is 34.7 Å². The lowest BCUT2D eigenvalue weighted by atomic mass is 10.3. The van der Waals surface area contributed by atoms with Crippen LogP contribution in [0.15, 0.2) is 225 Å². The Labute approximate surface area is 606 Å². The Hall–Kier alpha value is -12.0. The van der Waals surface area contributed by atoms with Crippen LogP contribution in [-0.4, -0.2) is 132 Å². The van der Waals surface area contributed by atoms with Crippen LogP contribution in [0.1, 0.15) is 75.2 Å². The third-order valence-electron chi connectivity index (χ3n) is 11.0. The molecule has 0 amide bonds. The number of carbonyl (C=O) groups is 5. The van der Waals surface area contributed by atoms with Crippen LogP contribution in [-0.2, 0) is 0 Å². The summed E-state index contributed by atoms with van der Waals surface area (Å²) >= 11 is 17.0. The number of aromatic nitrogens is 11. The second-order valence-electron chi connectivity index (χ2n) is 18.8. The van der Waals surface area contributed by atoms with Gasteiger partial charge in [-0.15, -0.1) is 11.3 Å². The van der Waals surface area contributed by atoms with Crippen LogP contribution in [0.5, 0.6) is 0 Å². The summed E-state index contributed by atoms with van der Waals surface area (Å²) in [5.74, 6) is 1.000. The van der Waals surface area contributed by atoms with Gasteiger partial charge < -0.3 is 49.3 Å².